The van der Waals surface area contributed by atoms with Crippen LogP contribution in [0.15, 0.2) is 98.9 Å². The summed E-state index contributed by atoms with van der Waals surface area (Å²) in [5, 5.41) is 12.1. The van der Waals surface area contributed by atoms with Crippen molar-refractivity contribution in [3.63, 3.8) is 0 Å². The summed E-state index contributed by atoms with van der Waals surface area (Å²) >= 11 is 0. The Kier molecular flexibility index (Phi) is 12.8. The molecule has 0 amide bonds. The molecule has 260 valence electrons. The van der Waals surface area contributed by atoms with E-state index in [2.05, 4.69) is 52.7 Å². The highest BCUT2D eigenvalue weighted by Gasteiger charge is 2.13. The minimum Gasteiger partial charge on any atom is -0.494 e. The van der Waals surface area contributed by atoms with Crippen LogP contribution in [0.2, 0.25) is 0 Å². The Morgan fingerprint density at radius 3 is 1.59 bits per heavy atom. The Morgan fingerprint density at radius 1 is 0.694 bits per heavy atom. The molecule has 0 saturated heterocycles. The fourth-order valence-electron chi connectivity index (χ4n) is 4.32. The molecule has 3 aromatic carbocycles. The molecule has 0 aliphatic heterocycles. The second kappa shape index (κ2) is 17.0. The van der Waals surface area contributed by atoms with Gasteiger partial charge >= 0.3 is 0 Å². The van der Waals surface area contributed by atoms with Crippen LogP contribution in [0, 0.1) is 0 Å². The van der Waals surface area contributed by atoms with E-state index in [0.29, 0.717) is 40.8 Å². The van der Waals surface area contributed by atoms with Gasteiger partial charge in [0.05, 0.1) is 27.8 Å². The fourth-order valence-corrected chi connectivity index (χ4v) is 5.78. The number of hydrazone groups is 2. The van der Waals surface area contributed by atoms with Crippen LogP contribution in [0.1, 0.15) is 51.2 Å². The highest BCUT2D eigenvalue weighted by Crippen LogP contribution is 2.22. The number of rotatable bonds is 17. The third kappa shape index (κ3) is 10.5. The zero-order valence-electron chi connectivity index (χ0n) is 28.0. The number of unbranched alkanes of at least 4 members (excludes halogenated alkanes) is 2. The average molecular weight is 708 g/mol. The van der Waals surface area contributed by atoms with Gasteiger partial charge in [-0.25, -0.2) is 26.3 Å². The first-order chi connectivity index (χ1) is 23.4. The second-order valence-electron chi connectivity index (χ2n) is 10.7. The minimum atomic E-state index is -3.56. The van der Waals surface area contributed by atoms with Crippen molar-refractivity contribution in [3.05, 3.63) is 90.0 Å². The van der Waals surface area contributed by atoms with E-state index in [9.17, 15) is 16.8 Å². The highest BCUT2D eigenvalue weighted by atomic mass is 32.2. The number of sulfonamides is 2. The molecular weight excluding hydrogens is 667 g/mol. The second-order valence-corrected chi connectivity index (χ2v) is 14.5. The maximum Gasteiger partial charge on any atom is 0.240 e. The monoisotopic (exact) mass is 707 g/mol. The maximum absolute atomic E-state index is 12.1. The first-order valence-electron chi connectivity index (χ1n) is 15.5. The first kappa shape index (κ1) is 36.9. The van der Waals surface area contributed by atoms with E-state index in [1.807, 2.05) is 24.3 Å². The summed E-state index contributed by atoms with van der Waals surface area (Å²) in [6.45, 7) is 6.36. The third-order valence-electron chi connectivity index (χ3n) is 7.23. The Hall–Kier alpha value is -4.90. The zero-order valence-corrected chi connectivity index (χ0v) is 29.6. The summed E-state index contributed by atoms with van der Waals surface area (Å²) < 4.78 is 58.8. The molecule has 49 heavy (non-hydrogen) atoms. The summed E-state index contributed by atoms with van der Waals surface area (Å²) in [7, 11) is -4.40. The first-order valence-corrected chi connectivity index (χ1v) is 18.5. The van der Waals surface area contributed by atoms with Gasteiger partial charge in [-0.15, -0.1) is 0 Å². The van der Waals surface area contributed by atoms with E-state index in [1.165, 1.54) is 38.4 Å². The molecule has 4 rings (SSSR count). The van der Waals surface area contributed by atoms with Gasteiger partial charge in [0.15, 0.2) is 11.6 Å². The number of hydrogen-bond donors (Lipinski definition) is 5. The van der Waals surface area contributed by atoms with Gasteiger partial charge in [0.25, 0.3) is 0 Å². The lowest BCUT2D eigenvalue weighted by Gasteiger charge is -2.11. The lowest BCUT2D eigenvalue weighted by molar-refractivity contribution is 0.306. The molecule has 16 heteroatoms. The predicted octanol–water partition coefficient (Wildman–Crippen LogP) is 5.28. The molecule has 0 spiro atoms. The Balaban J connectivity index is 1.56. The normalized spacial score (nSPS) is 12.4. The molecule has 0 atom stereocenters. The largest absolute Gasteiger partial charge is 0.494 e. The molecular formula is C33H41N9O5S2. The van der Waals surface area contributed by atoms with Crippen LogP contribution < -0.4 is 30.3 Å². The van der Waals surface area contributed by atoms with Crippen molar-refractivity contribution in [2.75, 3.05) is 36.9 Å². The zero-order chi connectivity index (χ0) is 35.4. The van der Waals surface area contributed by atoms with E-state index >= 15 is 0 Å². The van der Waals surface area contributed by atoms with Crippen molar-refractivity contribution in [1.29, 1.82) is 0 Å². The standard InChI is InChI=1S/C33H41N9O5S2/c1-6-7-8-21-47-28-15-13-27(14-16-28)36-33-37-31(41-39-23(2)25-9-17-29(18-10-25)48(43,44)34-4)22-32(38-33)42-40-24(3)26-11-19-30(20-12-26)49(45,46)35-5/h9-20,22,34-35H,6-8,21H2,1-5H3,(H3,36,37,38,41,42). The van der Waals surface area contributed by atoms with Gasteiger partial charge in [0.2, 0.25) is 26.0 Å². The molecule has 0 aliphatic rings. The summed E-state index contributed by atoms with van der Waals surface area (Å²) in [4.78, 5) is 9.41. The van der Waals surface area contributed by atoms with Crippen LogP contribution in [0.25, 0.3) is 0 Å². The van der Waals surface area contributed by atoms with Crippen molar-refractivity contribution < 1.29 is 21.6 Å². The van der Waals surface area contributed by atoms with E-state index in [1.54, 1.807) is 44.2 Å². The number of hydrogen-bond acceptors (Lipinski definition) is 12. The predicted molar refractivity (Wildman–Crippen MR) is 194 cm³/mol. The molecule has 1 heterocycles. The van der Waals surface area contributed by atoms with E-state index < -0.39 is 20.0 Å². The number of benzene rings is 3. The SMILES string of the molecule is CCCCCOc1ccc(Nc2nc(NN=C(C)c3ccc(S(=O)(=O)NC)cc3)cc(NN=C(C)c3ccc(S(=O)(=O)NC)cc3)n2)cc1. The molecule has 5 N–H and O–H groups in total. The van der Waals surface area contributed by atoms with Crippen molar-refractivity contribution in [2.24, 2.45) is 10.2 Å². The van der Waals surface area contributed by atoms with Gasteiger partial charge < -0.3 is 10.1 Å². The molecule has 0 fully saturated rings. The summed E-state index contributed by atoms with van der Waals surface area (Å²) in [5.41, 5.74) is 9.22. The molecule has 4 aromatic rings. The molecule has 14 nitrogen and oxygen atoms in total. The van der Waals surface area contributed by atoms with Crippen LogP contribution in [0.3, 0.4) is 0 Å². The third-order valence-corrected chi connectivity index (χ3v) is 10.1. The molecule has 0 unspecified atom stereocenters. The summed E-state index contributed by atoms with van der Waals surface area (Å²) in [6, 6.07) is 21.8. The van der Waals surface area contributed by atoms with Crippen molar-refractivity contribution in [2.45, 2.75) is 49.8 Å². The van der Waals surface area contributed by atoms with Gasteiger partial charge in [-0.3, -0.25) is 10.9 Å². The Bertz CT molecular complexity index is 1870. The molecule has 0 aliphatic carbocycles. The molecule has 0 bridgehead atoms. The van der Waals surface area contributed by atoms with E-state index in [4.69, 9.17) is 4.74 Å². The Morgan fingerprint density at radius 2 is 1.16 bits per heavy atom. The minimum absolute atomic E-state index is 0.146. The van der Waals surface area contributed by atoms with Crippen molar-refractivity contribution in [1.82, 2.24) is 19.4 Å². The van der Waals surface area contributed by atoms with Crippen LogP contribution in [0.4, 0.5) is 23.3 Å². The van der Waals surface area contributed by atoms with Crippen LogP contribution in [-0.2, 0) is 20.0 Å². The molecule has 0 radical (unpaired) electrons. The number of nitrogens with zero attached hydrogens (tertiary/aromatic N) is 4. The molecule has 1 aromatic heterocycles. The highest BCUT2D eigenvalue weighted by molar-refractivity contribution is 7.89. The average Bonchev–Trinajstić information content (AvgIpc) is 3.12. The summed E-state index contributed by atoms with van der Waals surface area (Å²) in [5.74, 6) is 1.72. The summed E-state index contributed by atoms with van der Waals surface area (Å²) in [6.07, 6.45) is 3.24. The van der Waals surface area contributed by atoms with E-state index in [-0.39, 0.29) is 15.7 Å². The quantitative estimate of drug-likeness (QED) is 0.0549. The Labute approximate surface area is 287 Å². The lowest BCUT2D eigenvalue weighted by atomic mass is 10.1. The number of aromatic nitrogens is 2. The van der Waals surface area contributed by atoms with Gasteiger partial charge in [-0.05, 0) is 94.0 Å². The number of ether oxygens (including phenoxy) is 1. The molecule has 0 saturated carbocycles. The topological polar surface area (TPSA) is 188 Å². The van der Waals surface area contributed by atoms with Crippen LogP contribution in [-0.4, -0.2) is 58.9 Å². The maximum atomic E-state index is 12.1. The smallest absolute Gasteiger partial charge is 0.240 e. The van der Waals surface area contributed by atoms with Gasteiger partial charge in [0, 0.05) is 11.8 Å². The number of nitrogens with one attached hydrogen (secondary N) is 5. The van der Waals surface area contributed by atoms with Crippen molar-refractivity contribution in [3.8, 4) is 5.75 Å². The number of anilines is 4. The van der Waals surface area contributed by atoms with Crippen LogP contribution in [0.5, 0.6) is 5.75 Å². The lowest BCUT2D eigenvalue weighted by Crippen LogP contribution is -2.18. The van der Waals surface area contributed by atoms with Gasteiger partial charge in [-0.2, -0.15) is 20.2 Å². The van der Waals surface area contributed by atoms with Gasteiger partial charge in [-0.1, -0.05) is 44.0 Å². The van der Waals surface area contributed by atoms with Crippen LogP contribution >= 0.6 is 0 Å². The van der Waals surface area contributed by atoms with E-state index in [0.717, 1.165) is 30.7 Å². The fraction of sp³-hybridized carbons (Fsp3) is 0.273. The van der Waals surface area contributed by atoms with Gasteiger partial charge in [0.1, 0.15) is 5.75 Å². The van der Waals surface area contributed by atoms with Crippen molar-refractivity contribution >= 4 is 54.7 Å².